The number of carbonyl (C=O) groups excluding carboxylic acids is 1. The average molecular weight is 400 g/mol. The van der Waals surface area contributed by atoms with Crippen molar-refractivity contribution in [1.82, 2.24) is 19.9 Å². The first-order valence-corrected chi connectivity index (χ1v) is 9.95. The molecule has 146 valence electrons. The third-order valence-electron chi connectivity index (χ3n) is 4.18. The molecule has 3 aromatic rings. The van der Waals surface area contributed by atoms with Gasteiger partial charge in [-0.1, -0.05) is 36.4 Å². The minimum atomic E-state index is -3.99. The van der Waals surface area contributed by atoms with Crippen LogP contribution in [0.15, 0.2) is 53.4 Å². The Bertz CT molecular complexity index is 1090. The first kappa shape index (κ1) is 19.7. The molecule has 0 saturated carbocycles. The van der Waals surface area contributed by atoms with Gasteiger partial charge in [0.2, 0.25) is 10.0 Å². The number of aromatic amines is 1. The van der Waals surface area contributed by atoms with Crippen LogP contribution in [0.25, 0.3) is 0 Å². The molecule has 2 aromatic carbocycles. The zero-order chi connectivity index (χ0) is 20.3. The number of nitrogens with one attached hydrogen (secondary N) is 2. The molecule has 2 N–H and O–H groups in total. The summed E-state index contributed by atoms with van der Waals surface area (Å²) in [5.41, 5.74) is 1.34. The van der Waals surface area contributed by atoms with E-state index in [2.05, 4.69) is 24.6 Å². The van der Waals surface area contributed by atoms with Crippen LogP contribution in [0.3, 0.4) is 0 Å². The van der Waals surface area contributed by atoms with Gasteiger partial charge < -0.3 is 4.74 Å². The highest BCUT2D eigenvalue weighted by Crippen LogP contribution is 2.24. The highest BCUT2D eigenvalue weighted by atomic mass is 32.2. The highest BCUT2D eigenvalue weighted by Gasteiger charge is 2.27. The Morgan fingerprint density at radius 1 is 1.14 bits per heavy atom. The van der Waals surface area contributed by atoms with Crippen LogP contribution in [-0.2, 0) is 14.8 Å². The van der Waals surface area contributed by atoms with E-state index in [1.807, 2.05) is 6.07 Å². The molecule has 0 radical (unpaired) electrons. The Labute approximate surface area is 163 Å². The van der Waals surface area contributed by atoms with Gasteiger partial charge in [-0.3, -0.25) is 5.10 Å². The van der Waals surface area contributed by atoms with Gasteiger partial charge in [-0.25, -0.2) is 18.2 Å². The van der Waals surface area contributed by atoms with Crippen molar-refractivity contribution in [2.75, 3.05) is 7.11 Å². The lowest BCUT2D eigenvalue weighted by molar-refractivity contribution is 0.0600. The normalized spacial score (nSPS) is 12.5. The van der Waals surface area contributed by atoms with Crippen molar-refractivity contribution in [2.45, 2.75) is 24.8 Å². The van der Waals surface area contributed by atoms with Gasteiger partial charge in [0.1, 0.15) is 11.9 Å². The maximum absolute atomic E-state index is 13.2. The summed E-state index contributed by atoms with van der Waals surface area (Å²) >= 11 is 0. The van der Waals surface area contributed by atoms with E-state index in [1.165, 1.54) is 19.2 Å². The number of aryl methyl sites for hydroxylation is 2. The van der Waals surface area contributed by atoms with Gasteiger partial charge in [-0.2, -0.15) is 9.82 Å². The predicted octanol–water partition coefficient (Wildman–Crippen LogP) is 2.28. The minimum absolute atomic E-state index is 0.0106. The Balaban J connectivity index is 2.04. The molecule has 0 fully saturated rings. The molecule has 9 heteroatoms. The van der Waals surface area contributed by atoms with E-state index in [9.17, 15) is 13.2 Å². The summed E-state index contributed by atoms with van der Waals surface area (Å²) in [7, 11) is -2.75. The van der Waals surface area contributed by atoms with Crippen LogP contribution >= 0.6 is 0 Å². The van der Waals surface area contributed by atoms with E-state index >= 15 is 0 Å². The fourth-order valence-corrected chi connectivity index (χ4v) is 4.21. The molecular weight excluding hydrogens is 380 g/mol. The van der Waals surface area contributed by atoms with E-state index in [0.29, 0.717) is 22.8 Å². The molecule has 0 aliphatic carbocycles. The third-order valence-corrected chi connectivity index (χ3v) is 5.74. The standard InChI is InChI=1S/C19H20N4O4S/c1-12-9-10-15(19(24)27-3)11-16(12)28(25,26)23-17(14-7-5-4-6-8-14)18-20-13(2)21-22-18/h4-11,17,23H,1-3H3,(H,20,21,22). The first-order valence-electron chi connectivity index (χ1n) is 8.47. The zero-order valence-corrected chi connectivity index (χ0v) is 16.4. The summed E-state index contributed by atoms with van der Waals surface area (Å²) in [6, 6.07) is 12.6. The van der Waals surface area contributed by atoms with Crippen LogP contribution in [0, 0.1) is 13.8 Å². The number of esters is 1. The number of ether oxygens (including phenoxy) is 1. The molecule has 0 aliphatic heterocycles. The van der Waals surface area contributed by atoms with E-state index in [1.54, 1.807) is 44.2 Å². The molecule has 3 rings (SSSR count). The summed E-state index contributed by atoms with van der Waals surface area (Å²) in [5, 5.41) is 6.84. The summed E-state index contributed by atoms with van der Waals surface area (Å²) in [6.07, 6.45) is 0. The molecule has 0 saturated heterocycles. The average Bonchev–Trinajstić information content (AvgIpc) is 3.12. The second-order valence-corrected chi connectivity index (χ2v) is 7.90. The second kappa shape index (κ2) is 7.91. The van der Waals surface area contributed by atoms with Gasteiger partial charge in [0.15, 0.2) is 5.82 Å². The molecule has 8 nitrogen and oxygen atoms in total. The molecule has 28 heavy (non-hydrogen) atoms. The van der Waals surface area contributed by atoms with Crippen molar-refractivity contribution in [2.24, 2.45) is 0 Å². The number of hydrogen-bond acceptors (Lipinski definition) is 6. The zero-order valence-electron chi connectivity index (χ0n) is 15.6. The molecule has 1 atom stereocenters. The topological polar surface area (TPSA) is 114 Å². The molecule has 1 unspecified atom stereocenters. The van der Waals surface area contributed by atoms with Gasteiger partial charge >= 0.3 is 5.97 Å². The quantitative estimate of drug-likeness (QED) is 0.614. The number of carbonyl (C=O) groups is 1. The Morgan fingerprint density at radius 3 is 2.46 bits per heavy atom. The van der Waals surface area contributed by atoms with Crippen molar-refractivity contribution in [3.63, 3.8) is 0 Å². The lowest BCUT2D eigenvalue weighted by Gasteiger charge is -2.18. The molecule has 0 bridgehead atoms. The minimum Gasteiger partial charge on any atom is -0.465 e. The van der Waals surface area contributed by atoms with Crippen LogP contribution in [-0.4, -0.2) is 36.7 Å². The van der Waals surface area contributed by atoms with Crippen LogP contribution in [0.2, 0.25) is 0 Å². The Hall–Kier alpha value is -3.04. The predicted molar refractivity (Wildman–Crippen MR) is 102 cm³/mol. The van der Waals surface area contributed by atoms with E-state index in [-0.39, 0.29) is 10.5 Å². The van der Waals surface area contributed by atoms with Gasteiger partial charge in [0.25, 0.3) is 0 Å². The number of benzene rings is 2. The summed E-state index contributed by atoms with van der Waals surface area (Å²) < 4.78 is 33.6. The van der Waals surface area contributed by atoms with Crippen molar-refractivity contribution in [3.05, 3.63) is 76.9 Å². The lowest BCUT2D eigenvalue weighted by atomic mass is 10.1. The number of nitrogens with zero attached hydrogens (tertiary/aromatic N) is 2. The molecule has 0 amide bonds. The van der Waals surface area contributed by atoms with E-state index in [4.69, 9.17) is 0 Å². The number of methoxy groups -OCH3 is 1. The molecule has 0 aliphatic rings. The smallest absolute Gasteiger partial charge is 0.337 e. The third kappa shape index (κ3) is 4.10. The van der Waals surface area contributed by atoms with Crippen molar-refractivity contribution in [3.8, 4) is 0 Å². The van der Waals surface area contributed by atoms with Gasteiger partial charge in [-0.05, 0) is 37.1 Å². The van der Waals surface area contributed by atoms with Crippen LogP contribution in [0.1, 0.15) is 39.2 Å². The Kier molecular flexibility index (Phi) is 5.57. The maximum Gasteiger partial charge on any atom is 0.337 e. The lowest BCUT2D eigenvalue weighted by Crippen LogP contribution is -2.31. The fraction of sp³-hybridized carbons (Fsp3) is 0.211. The number of aromatic nitrogens is 3. The molecule has 1 aromatic heterocycles. The first-order chi connectivity index (χ1) is 13.3. The van der Waals surface area contributed by atoms with Crippen LogP contribution < -0.4 is 4.72 Å². The largest absolute Gasteiger partial charge is 0.465 e. The van der Waals surface area contributed by atoms with Gasteiger partial charge in [0.05, 0.1) is 17.6 Å². The number of sulfonamides is 1. The molecule has 1 heterocycles. The molecule has 0 spiro atoms. The van der Waals surface area contributed by atoms with Gasteiger partial charge in [0, 0.05) is 0 Å². The van der Waals surface area contributed by atoms with Crippen LogP contribution in [0.5, 0.6) is 0 Å². The number of H-pyrrole nitrogens is 1. The van der Waals surface area contributed by atoms with Gasteiger partial charge in [-0.15, -0.1) is 0 Å². The summed E-state index contributed by atoms with van der Waals surface area (Å²) in [5.74, 6) is 0.258. The molecular formula is C19H20N4O4S. The van der Waals surface area contributed by atoms with Crippen molar-refractivity contribution in [1.29, 1.82) is 0 Å². The van der Waals surface area contributed by atoms with Crippen molar-refractivity contribution < 1.29 is 17.9 Å². The maximum atomic E-state index is 13.2. The fourth-order valence-electron chi connectivity index (χ4n) is 2.76. The summed E-state index contributed by atoms with van der Waals surface area (Å²) in [4.78, 5) is 16.1. The van der Waals surface area contributed by atoms with E-state index < -0.39 is 22.0 Å². The monoisotopic (exact) mass is 400 g/mol. The SMILES string of the molecule is COC(=O)c1ccc(C)c(S(=O)(=O)NC(c2ccccc2)c2n[nH]c(C)n2)c1. The van der Waals surface area contributed by atoms with Crippen LogP contribution in [0.4, 0.5) is 0 Å². The van der Waals surface area contributed by atoms with Crippen molar-refractivity contribution >= 4 is 16.0 Å². The number of rotatable bonds is 6. The van der Waals surface area contributed by atoms with E-state index in [0.717, 1.165) is 0 Å². The number of hydrogen-bond donors (Lipinski definition) is 2. The second-order valence-electron chi connectivity index (χ2n) is 6.22. The Morgan fingerprint density at radius 2 is 1.86 bits per heavy atom. The highest BCUT2D eigenvalue weighted by molar-refractivity contribution is 7.89. The summed E-state index contributed by atoms with van der Waals surface area (Å²) in [6.45, 7) is 3.39.